The van der Waals surface area contributed by atoms with Crippen molar-refractivity contribution in [2.24, 2.45) is 0 Å². The topological polar surface area (TPSA) is 113 Å². The average molecular weight is 498 g/mol. The summed E-state index contributed by atoms with van der Waals surface area (Å²) >= 11 is 0. The van der Waals surface area contributed by atoms with E-state index in [0.29, 0.717) is 35.7 Å². The molecule has 0 spiro atoms. The number of hydrogen-bond acceptors (Lipinski definition) is 6. The fourth-order valence-corrected chi connectivity index (χ4v) is 5.57. The third-order valence-electron chi connectivity index (χ3n) is 5.11. The van der Waals surface area contributed by atoms with Crippen molar-refractivity contribution in [2.75, 3.05) is 39.1 Å². The highest BCUT2D eigenvalue weighted by atomic mass is 32.2. The molecule has 0 aliphatic rings. The Morgan fingerprint density at radius 1 is 0.879 bits per heavy atom. The third kappa shape index (κ3) is 6.11. The minimum absolute atomic E-state index is 0.0650. The zero-order valence-corrected chi connectivity index (χ0v) is 21.4. The number of sulfonamides is 2. The van der Waals surface area contributed by atoms with Crippen molar-refractivity contribution in [3.8, 4) is 5.75 Å². The number of aryl methyl sites for hydroxylation is 2. The fraction of sp³-hybridized carbons (Fsp3) is 0.409. The number of benzene rings is 2. The fourth-order valence-electron chi connectivity index (χ4n) is 3.09. The molecule has 2 aromatic rings. The second kappa shape index (κ2) is 10.6. The molecule has 11 heteroatoms. The first-order valence-corrected chi connectivity index (χ1v) is 13.3. The molecule has 0 saturated carbocycles. The maximum Gasteiger partial charge on any atom is 0.262 e. The molecule has 0 bridgehead atoms. The highest BCUT2D eigenvalue weighted by Gasteiger charge is 2.22. The van der Waals surface area contributed by atoms with Gasteiger partial charge in [0.2, 0.25) is 20.0 Å². The molecule has 0 unspecified atom stereocenters. The van der Waals surface area contributed by atoms with Crippen LogP contribution in [0, 0.1) is 13.8 Å². The highest BCUT2D eigenvalue weighted by Crippen LogP contribution is 2.25. The SMILES string of the molecule is CCN(CC)S(=O)(=O)c1ccc(OCC(=O)Nc2cc(S(=O)(=O)N(C)C)ccc2C)c(C)c1. The van der Waals surface area contributed by atoms with Crippen LogP contribution in [0.3, 0.4) is 0 Å². The molecule has 0 fully saturated rings. The van der Waals surface area contributed by atoms with E-state index in [0.717, 1.165) is 4.31 Å². The summed E-state index contributed by atoms with van der Waals surface area (Å²) in [6.07, 6.45) is 0. The molecule has 2 rings (SSSR count). The summed E-state index contributed by atoms with van der Waals surface area (Å²) in [5.74, 6) is -0.0963. The zero-order valence-electron chi connectivity index (χ0n) is 19.7. The number of ether oxygens (including phenoxy) is 1. The van der Waals surface area contributed by atoms with Crippen molar-refractivity contribution >= 4 is 31.6 Å². The van der Waals surface area contributed by atoms with E-state index in [2.05, 4.69) is 5.32 Å². The van der Waals surface area contributed by atoms with E-state index < -0.39 is 26.0 Å². The lowest BCUT2D eigenvalue weighted by molar-refractivity contribution is -0.118. The number of rotatable bonds is 10. The van der Waals surface area contributed by atoms with Crippen LogP contribution >= 0.6 is 0 Å². The van der Waals surface area contributed by atoms with E-state index in [1.54, 1.807) is 33.8 Å². The molecule has 2 aromatic carbocycles. The van der Waals surface area contributed by atoms with Crippen LogP contribution in [0.15, 0.2) is 46.2 Å². The van der Waals surface area contributed by atoms with Crippen LogP contribution in [0.5, 0.6) is 5.75 Å². The van der Waals surface area contributed by atoms with Crippen molar-refractivity contribution < 1.29 is 26.4 Å². The number of hydrogen-bond donors (Lipinski definition) is 1. The molecular weight excluding hydrogens is 466 g/mol. The minimum atomic E-state index is -3.64. The van der Waals surface area contributed by atoms with Crippen LogP contribution in [-0.4, -0.2) is 65.1 Å². The Morgan fingerprint density at radius 3 is 2.00 bits per heavy atom. The number of nitrogens with zero attached hydrogens (tertiary/aromatic N) is 2. The van der Waals surface area contributed by atoms with Crippen molar-refractivity contribution in [3.63, 3.8) is 0 Å². The van der Waals surface area contributed by atoms with Crippen molar-refractivity contribution in [1.29, 1.82) is 0 Å². The molecule has 1 N–H and O–H groups in total. The van der Waals surface area contributed by atoms with Crippen LogP contribution < -0.4 is 10.1 Å². The first kappa shape index (κ1) is 26.8. The van der Waals surface area contributed by atoms with E-state index in [1.807, 2.05) is 0 Å². The molecule has 0 radical (unpaired) electrons. The van der Waals surface area contributed by atoms with Gasteiger partial charge in [-0.1, -0.05) is 19.9 Å². The van der Waals surface area contributed by atoms with E-state index in [1.165, 1.54) is 48.7 Å². The summed E-state index contributed by atoms with van der Waals surface area (Å²) in [6.45, 7) is 7.41. The molecular formula is C22H31N3O6S2. The Bertz CT molecular complexity index is 1220. The summed E-state index contributed by atoms with van der Waals surface area (Å²) in [7, 11) is -4.37. The Morgan fingerprint density at radius 2 is 1.45 bits per heavy atom. The Kier molecular flexibility index (Phi) is 8.63. The summed E-state index contributed by atoms with van der Waals surface area (Å²) < 4.78 is 58.1. The van der Waals surface area contributed by atoms with Crippen LogP contribution in [0.2, 0.25) is 0 Å². The van der Waals surface area contributed by atoms with Gasteiger partial charge in [0.05, 0.1) is 9.79 Å². The second-order valence-corrected chi connectivity index (χ2v) is 11.7. The predicted octanol–water partition coefficient (Wildman–Crippen LogP) is 2.60. The summed E-state index contributed by atoms with van der Waals surface area (Å²) in [4.78, 5) is 12.7. The number of anilines is 1. The third-order valence-corrected chi connectivity index (χ3v) is 8.97. The van der Waals surface area contributed by atoms with Gasteiger partial charge in [-0.2, -0.15) is 4.31 Å². The molecule has 33 heavy (non-hydrogen) atoms. The molecule has 182 valence electrons. The number of carbonyl (C=O) groups excluding carboxylic acids is 1. The number of nitrogens with one attached hydrogen (secondary N) is 1. The van der Waals surface area contributed by atoms with Crippen LogP contribution in [0.1, 0.15) is 25.0 Å². The number of carbonyl (C=O) groups is 1. The number of amides is 1. The van der Waals surface area contributed by atoms with E-state index in [-0.39, 0.29) is 16.4 Å². The molecule has 0 aliphatic carbocycles. The van der Waals surface area contributed by atoms with Crippen LogP contribution in [0.4, 0.5) is 5.69 Å². The Labute approximate surface area is 196 Å². The summed E-state index contributed by atoms with van der Waals surface area (Å²) in [6, 6.07) is 8.99. The van der Waals surface area contributed by atoms with Gasteiger partial charge >= 0.3 is 0 Å². The standard InChI is InChI=1S/C22H31N3O6S2/c1-7-25(8-2)33(29,30)18-11-12-21(17(4)13-18)31-15-22(26)23-20-14-19(10-9-16(20)3)32(27,28)24(5)6/h9-14H,7-8,15H2,1-6H3,(H,23,26). The van der Waals surface area contributed by atoms with E-state index in [4.69, 9.17) is 4.74 Å². The lowest BCUT2D eigenvalue weighted by Gasteiger charge is -2.19. The van der Waals surface area contributed by atoms with Gasteiger partial charge in [0.15, 0.2) is 6.61 Å². The van der Waals surface area contributed by atoms with Gasteiger partial charge in [-0.05, 0) is 55.3 Å². The van der Waals surface area contributed by atoms with Crippen molar-refractivity contribution in [1.82, 2.24) is 8.61 Å². The lowest BCUT2D eigenvalue weighted by atomic mass is 10.2. The van der Waals surface area contributed by atoms with Crippen LogP contribution in [-0.2, 0) is 24.8 Å². The smallest absolute Gasteiger partial charge is 0.262 e. The Balaban J connectivity index is 2.13. The van der Waals surface area contributed by atoms with Gasteiger partial charge in [-0.15, -0.1) is 0 Å². The maximum absolute atomic E-state index is 12.7. The van der Waals surface area contributed by atoms with Gasteiger partial charge in [-0.3, -0.25) is 4.79 Å². The summed E-state index contributed by atoms with van der Waals surface area (Å²) in [5.41, 5.74) is 1.64. The molecule has 0 atom stereocenters. The quantitative estimate of drug-likeness (QED) is 0.540. The highest BCUT2D eigenvalue weighted by molar-refractivity contribution is 7.89. The molecule has 0 saturated heterocycles. The van der Waals surface area contributed by atoms with Gasteiger partial charge in [-0.25, -0.2) is 21.1 Å². The van der Waals surface area contributed by atoms with E-state index in [9.17, 15) is 21.6 Å². The minimum Gasteiger partial charge on any atom is -0.483 e. The monoisotopic (exact) mass is 497 g/mol. The zero-order chi connectivity index (χ0) is 25.0. The molecule has 1 amide bonds. The normalized spacial score (nSPS) is 12.2. The average Bonchev–Trinajstić information content (AvgIpc) is 2.74. The largest absolute Gasteiger partial charge is 0.483 e. The maximum atomic E-state index is 12.7. The van der Waals surface area contributed by atoms with Gasteiger partial charge in [0, 0.05) is 32.9 Å². The van der Waals surface area contributed by atoms with Gasteiger partial charge < -0.3 is 10.1 Å². The van der Waals surface area contributed by atoms with E-state index >= 15 is 0 Å². The lowest BCUT2D eigenvalue weighted by Crippen LogP contribution is -2.30. The van der Waals surface area contributed by atoms with Gasteiger partial charge in [0.1, 0.15) is 5.75 Å². The Hall–Kier alpha value is -2.47. The molecule has 9 nitrogen and oxygen atoms in total. The van der Waals surface area contributed by atoms with Crippen LogP contribution in [0.25, 0.3) is 0 Å². The molecule has 0 heterocycles. The van der Waals surface area contributed by atoms with Gasteiger partial charge in [0.25, 0.3) is 5.91 Å². The molecule has 0 aromatic heterocycles. The van der Waals surface area contributed by atoms with Crippen molar-refractivity contribution in [2.45, 2.75) is 37.5 Å². The summed E-state index contributed by atoms with van der Waals surface area (Å²) in [5, 5.41) is 2.67. The predicted molar refractivity (Wildman–Crippen MR) is 127 cm³/mol. The first-order chi connectivity index (χ1) is 15.3. The first-order valence-electron chi connectivity index (χ1n) is 10.4. The second-order valence-electron chi connectivity index (χ2n) is 7.62. The molecule has 0 aliphatic heterocycles. The van der Waals surface area contributed by atoms with Crippen molar-refractivity contribution in [3.05, 3.63) is 47.5 Å².